The molecule has 4 rings (SSSR count). The zero-order valence-corrected chi connectivity index (χ0v) is 13.9. The highest BCUT2D eigenvalue weighted by Gasteiger charge is 2.22. The number of carbonyl (C=O) groups is 1. The van der Waals surface area contributed by atoms with Crippen LogP contribution < -0.4 is 4.90 Å². The van der Waals surface area contributed by atoms with Crippen LogP contribution in [0.15, 0.2) is 24.5 Å². The lowest BCUT2D eigenvalue weighted by Crippen LogP contribution is -2.37. The van der Waals surface area contributed by atoms with Crippen molar-refractivity contribution in [2.75, 3.05) is 31.2 Å². The van der Waals surface area contributed by atoms with E-state index >= 15 is 0 Å². The number of morpholine rings is 1. The second kappa shape index (κ2) is 6.56. The Hall–Kier alpha value is -2.87. The molecule has 1 fully saturated rings. The average molecular weight is 338 g/mol. The number of fused-ring (bicyclic) bond motifs is 1. The molecular weight excluding hydrogens is 320 g/mol. The molecule has 0 spiro atoms. The number of imidazole rings is 1. The number of rotatable bonds is 4. The molecular formula is C17H18N6O2. The molecule has 0 atom stereocenters. The van der Waals surface area contributed by atoms with Gasteiger partial charge >= 0.3 is 0 Å². The van der Waals surface area contributed by atoms with Crippen LogP contribution in [0.3, 0.4) is 0 Å². The van der Waals surface area contributed by atoms with Crippen molar-refractivity contribution in [1.82, 2.24) is 24.5 Å². The molecule has 0 aromatic carbocycles. The molecule has 3 aromatic heterocycles. The molecule has 0 unspecified atom stereocenters. The quantitative estimate of drug-likeness (QED) is 0.667. The molecule has 0 saturated carbocycles. The maximum atomic E-state index is 11.4. The number of ether oxygens (including phenoxy) is 1. The van der Waals surface area contributed by atoms with Crippen LogP contribution in [0.25, 0.3) is 22.6 Å². The second-order valence-corrected chi connectivity index (χ2v) is 5.71. The molecule has 1 aliphatic heterocycles. The van der Waals surface area contributed by atoms with Crippen LogP contribution in [-0.2, 0) is 11.3 Å². The van der Waals surface area contributed by atoms with Gasteiger partial charge in [0.2, 0.25) is 0 Å². The van der Waals surface area contributed by atoms with Gasteiger partial charge in [-0.25, -0.2) is 15.0 Å². The lowest BCUT2D eigenvalue weighted by molar-refractivity contribution is 0.111. The number of hydrogen-bond acceptors (Lipinski definition) is 7. The predicted octanol–water partition coefficient (Wildman–Crippen LogP) is 1.56. The largest absolute Gasteiger partial charge is 0.378 e. The fourth-order valence-electron chi connectivity index (χ4n) is 3.07. The number of aryl methyl sites for hydroxylation is 1. The zero-order valence-electron chi connectivity index (χ0n) is 13.9. The normalized spacial score (nSPS) is 14.8. The standard InChI is InChI=1S/C17H18N6O2/c1-2-23-15(12-3-5-18-6-4-12)21-14-16(22-7-9-25-10-8-22)19-13(11-24)20-17(14)23/h3-6,11H,2,7-10H2,1H3. The minimum atomic E-state index is 0.171. The Morgan fingerprint density at radius 1 is 1.16 bits per heavy atom. The van der Waals surface area contributed by atoms with Crippen LogP contribution in [0.1, 0.15) is 17.5 Å². The topological polar surface area (TPSA) is 86.0 Å². The molecule has 0 amide bonds. The molecule has 128 valence electrons. The Bertz CT molecular complexity index is 902. The third kappa shape index (κ3) is 2.74. The first-order valence-electron chi connectivity index (χ1n) is 8.28. The number of aldehydes is 1. The summed E-state index contributed by atoms with van der Waals surface area (Å²) in [5, 5.41) is 0. The van der Waals surface area contributed by atoms with Gasteiger partial charge in [-0.3, -0.25) is 9.78 Å². The monoisotopic (exact) mass is 338 g/mol. The lowest BCUT2D eigenvalue weighted by atomic mass is 10.2. The van der Waals surface area contributed by atoms with Crippen LogP contribution in [0.2, 0.25) is 0 Å². The van der Waals surface area contributed by atoms with Gasteiger partial charge in [0.05, 0.1) is 13.2 Å². The summed E-state index contributed by atoms with van der Waals surface area (Å²) in [5.74, 6) is 1.66. The van der Waals surface area contributed by atoms with E-state index in [9.17, 15) is 4.79 Å². The minimum Gasteiger partial charge on any atom is -0.378 e. The van der Waals surface area contributed by atoms with E-state index in [2.05, 4.69) is 19.9 Å². The van der Waals surface area contributed by atoms with Gasteiger partial charge in [-0.2, -0.15) is 0 Å². The van der Waals surface area contributed by atoms with Crippen LogP contribution in [-0.4, -0.2) is 57.1 Å². The molecule has 0 N–H and O–H groups in total. The fourth-order valence-corrected chi connectivity index (χ4v) is 3.07. The smallest absolute Gasteiger partial charge is 0.196 e. The summed E-state index contributed by atoms with van der Waals surface area (Å²) in [6.07, 6.45) is 4.16. The summed E-state index contributed by atoms with van der Waals surface area (Å²) < 4.78 is 7.43. The summed E-state index contributed by atoms with van der Waals surface area (Å²) in [6.45, 7) is 5.41. The van der Waals surface area contributed by atoms with E-state index < -0.39 is 0 Å². The lowest BCUT2D eigenvalue weighted by Gasteiger charge is -2.27. The summed E-state index contributed by atoms with van der Waals surface area (Å²) in [6, 6.07) is 3.83. The van der Waals surface area contributed by atoms with Crippen molar-refractivity contribution in [3.63, 3.8) is 0 Å². The molecule has 0 aliphatic carbocycles. The van der Waals surface area contributed by atoms with Crippen LogP contribution in [0.4, 0.5) is 5.82 Å². The highest BCUT2D eigenvalue weighted by atomic mass is 16.5. The average Bonchev–Trinajstić information content (AvgIpc) is 3.07. The maximum Gasteiger partial charge on any atom is 0.196 e. The molecule has 25 heavy (non-hydrogen) atoms. The van der Waals surface area contributed by atoms with Gasteiger partial charge in [-0.05, 0) is 19.1 Å². The molecule has 8 nitrogen and oxygen atoms in total. The molecule has 3 aromatic rings. The third-order valence-electron chi connectivity index (χ3n) is 4.26. The molecule has 1 saturated heterocycles. The maximum absolute atomic E-state index is 11.4. The Morgan fingerprint density at radius 3 is 2.60 bits per heavy atom. The summed E-state index contributed by atoms with van der Waals surface area (Å²) in [4.78, 5) is 31.2. The van der Waals surface area contributed by atoms with Gasteiger partial charge in [-0.15, -0.1) is 0 Å². The third-order valence-corrected chi connectivity index (χ3v) is 4.26. The molecule has 0 bridgehead atoms. The molecule has 1 aliphatic rings. The van der Waals surface area contributed by atoms with Crippen molar-refractivity contribution in [3.05, 3.63) is 30.4 Å². The van der Waals surface area contributed by atoms with E-state index in [4.69, 9.17) is 9.72 Å². The first-order chi connectivity index (χ1) is 12.3. The Labute approximate surface area is 144 Å². The van der Waals surface area contributed by atoms with Gasteiger partial charge in [0.25, 0.3) is 0 Å². The van der Waals surface area contributed by atoms with Gasteiger partial charge < -0.3 is 14.2 Å². The van der Waals surface area contributed by atoms with Crippen LogP contribution >= 0.6 is 0 Å². The Morgan fingerprint density at radius 2 is 1.92 bits per heavy atom. The second-order valence-electron chi connectivity index (χ2n) is 5.71. The molecule has 8 heteroatoms. The van der Waals surface area contributed by atoms with Gasteiger partial charge in [0.15, 0.2) is 29.1 Å². The van der Waals surface area contributed by atoms with E-state index in [1.807, 2.05) is 23.6 Å². The van der Waals surface area contributed by atoms with Crippen molar-refractivity contribution in [3.8, 4) is 11.4 Å². The highest BCUT2D eigenvalue weighted by molar-refractivity contribution is 5.89. The summed E-state index contributed by atoms with van der Waals surface area (Å²) in [5.41, 5.74) is 2.34. The van der Waals surface area contributed by atoms with Crippen molar-refractivity contribution in [1.29, 1.82) is 0 Å². The van der Waals surface area contributed by atoms with Crippen molar-refractivity contribution >= 4 is 23.3 Å². The van der Waals surface area contributed by atoms with Crippen molar-refractivity contribution in [2.45, 2.75) is 13.5 Å². The predicted molar refractivity (Wildman–Crippen MR) is 92.6 cm³/mol. The number of nitrogens with zero attached hydrogens (tertiary/aromatic N) is 6. The molecule has 4 heterocycles. The Kier molecular flexibility index (Phi) is 4.10. The van der Waals surface area contributed by atoms with Gasteiger partial charge in [0, 0.05) is 37.6 Å². The van der Waals surface area contributed by atoms with E-state index in [1.54, 1.807) is 12.4 Å². The van der Waals surface area contributed by atoms with E-state index in [1.165, 1.54) is 0 Å². The van der Waals surface area contributed by atoms with Crippen LogP contribution in [0.5, 0.6) is 0 Å². The van der Waals surface area contributed by atoms with Crippen LogP contribution in [0, 0.1) is 0 Å². The van der Waals surface area contributed by atoms with E-state index in [0.717, 1.165) is 11.4 Å². The summed E-state index contributed by atoms with van der Waals surface area (Å²) >= 11 is 0. The number of aromatic nitrogens is 5. The van der Waals surface area contributed by atoms with Gasteiger partial charge in [0.1, 0.15) is 5.82 Å². The number of carbonyl (C=O) groups excluding carboxylic acids is 1. The first-order valence-corrected chi connectivity index (χ1v) is 8.28. The Balaban J connectivity index is 1.96. The number of hydrogen-bond donors (Lipinski definition) is 0. The number of anilines is 1. The van der Waals surface area contributed by atoms with E-state index in [-0.39, 0.29) is 5.82 Å². The number of pyridine rings is 1. The highest BCUT2D eigenvalue weighted by Crippen LogP contribution is 2.29. The first kappa shape index (κ1) is 15.6. The molecule has 0 radical (unpaired) electrons. The van der Waals surface area contributed by atoms with Crippen molar-refractivity contribution in [2.24, 2.45) is 0 Å². The fraction of sp³-hybridized carbons (Fsp3) is 0.353. The SMILES string of the molecule is CCn1c(-c2ccncc2)nc2c(N3CCOCC3)nc(C=O)nc21. The van der Waals surface area contributed by atoms with E-state index in [0.29, 0.717) is 56.1 Å². The van der Waals surface area contributed by atoms with Crippen molar-refractivity contribution < 1.29 is 9.53 Å². The zero-order chi connectivity index (χ0) is 17.2. The minimum absolute atomic E-state index is 0.171. The summed E-state index contributed by atoms with van der Waals surface area (Å²) in [7, 11) is 0. The van der Waals surface area contributed by atoms with Gasteiger partial charge in [-0.1, -0.05) is 0 Å².